The van der Waals surface area contributed by atoms with Crippen molar-refractivity contribution in [3.8, 4) is 11.5 Å². The zero-order valence-electron chi connectivity index (χ0n) is 20.3. The van der Waals surface area contributed by atoms with E-state index in [0.29, 0.717) is 35.6 Å². The molecular formula is C27H28N4O5. The molecule has 0 saturated carbocycles. The van der Waals surface area contributed by atoms with E-state index in [9.17, 15) is 9.90 Å². The molecule has 4 heterocycles. The zero-order chi connectivity index (χ0) is 24.9. The first-order chi connectivity index (χ1) is 17.4. The minimum Gasteiger partial charge on any atom is -0.454 e. The minimum atomic E-state index is -0.916. The Bertz CT molecular complexity index is 1450. The number of carbonyl (C=O) groups excluding carboxylic acids is 1. The van der Waals surface area contributed by atoms with E-state index in [4.69, 9.17) is 13.9 Å². The van der Waals surface area contributed by atoms with Crippen molar-refractivity contribution in [1.29, 1.82) is 0 Å². The van der Waals surface area contributed by atoms with Gasteiger partial charge in [-0.25, -0.2) is 0 Å². The molecule has 0 unspecified atom stereocenters. The zero-order valence-corrected chi connectivity index (χ0v) is 20.3. The van der Waals surface area contributed by atoms with Crippen LogP contribution in [0.1, 0.15) is 40.2 Å². The van der Waals surface area contributed by atoms with E-state index < -0.39 is 5.60 Å². The summed E-state index contributed by atoms with van der Waals surface area (Å²) in [7, 11) is 1.93. The number of ether oxygens (including phenoxy) is 2. The molecule has 2 aromatic carbocycles. The van der Waals surface area contributed by atoms with Crippen molar-refractivity contribution in [2.75, 3.05) is 25.2 Å². The second-order valence-corrected chi connectivity index (χ2v) is 9.61. The lowest BCUT2D eigenvalue weighted by Gasteiger charge is -2.38. The van der Waals surface area contributed by atoms with Gasteiger partial charge in [0.2, 0.25) is 6.79 Å². The number of aliphatic hydroxyl groups is 1. The Balaban J connectivity index is 1.14. The smallest absolute Gasteiger partial charge is 0.291 e. The number of hydrogen-bond acceptors (Lipinski definition) is 7. The highest BCUT2D eigenvalue weighted by atomic mass is 16.7. The highest BCUT2D eigenvalue weighted by Gasteiger charge is 2.34. The fraction of sp³-hybridized carbons (Fsp3) is 0.333. The summed E-state index contributed by atoms with van der Waals surface area (Å²) < 4.78 is 18.3. The molecule has 4 aromatic rings. The van der Waals surface area contributed by atoms with Crippen LogP contribution in [0.4, 0.5) is 5.69 Å². The van der Waals surface area contributed by atoms with Crippen molar-refractivity contribution >= 4 is 22.6 Å². The minimum absolute atomic E-state index is 0.174. The molecule has 2 aliphatic heterocycles. The molecule has 2 aliphatic rings. The largest absolute Gasteiger partial charge is 0.454 e. The van der Waals surface area contributed by atoms with Crippen molar-refractivity contribution in [3.63, 3.8) is 0 Å². The lowest BCUT2D eigenvalue weighted by molar-refractivity contribution is -0.0276. The first-order valence-electron chi connectivity index (χ1n) is 12.1. The number of nitrogens with zero attached hydrogens (tertiary/aromatic N) is 3. The van der Waals surface area contributed by atoms with Crippen molar-refractivity contribution in [1.82, 2.24) is 14.7 Å². The maximum absolute atomic E-state index is 12.8. The summed E-state index contributed by atoms with van der Waals surface area (Å²) in [5.41, 5.74) is 3.38. The quantitative estimate of drug-likeness (QED) is 0.439. The molecule has 9 nitrogen and oxygen atoms in total. The summed E-state index contributed by atoms with van der Waals surface area (Å²) >= 11 is 0. The van der Waals surface area contributed by atoms with Crippen LogP contribution in [0.15, 0.2) is 53.1 Å². The van der Waals surface area contributed by atoms with E-state index >= 15 is 0 Å². The van der Waals surface area contributed by atoms with Crippen LogP contribution < -0.4 is 14.8 Å². The molecule has 1 fully saturated rings. The molecule has 2 aromatic heterocycles. The van der Waals surface area contributed by atoms with E-state index in [1.54, 1.807) is 24.3 Å². The summed E-state index contributed by atoms with van der Waals surface area (Å²) in [6.45, 7) is 4.61. The number of piperidine rings is 1. The van der Waals surface area contributed by atoms with Gasteiger partial charge in [0, 0.05) is 55.6 Å². The van der Waals surface area contributed by atoms with Crippen molar-refractivity contribution in [3.05, 3.63) is 71.2 Å². The molecule has 1 saturated heterocycles. The molecule has 9 heteroatoms. The van der Waals surface area contributed by atoms with Crippen LogP contribution in [-0.4, -0.2) is 45.6 Å². The van der Waals surface area contributed by atoms with Crippen molar-refractivity contribution in [2.24, 2.45) is 7.05 Å². The maximum atomic E-state index is 12.8. The van der Waals surface area contributed by atoms with Crippen LogP contribution in [0.3, 0.4) is 0 Å². The van der Waals surface area contributed by atoms with Gasteiger partial charge in [-0.15, -0.1) is 0 Å². The maximum Gasteiger partial charge on any atom is 0.291 e. The van der Waals surface area contributed by atoms with Gasteiger partial charge in [-0.1, -0.05) is 6.07 Å². The number of amides is 1. The second-order valence-electron chi connectivity index (χ2n) is 9.61. The molecular weight excluding hydrogens is 460 g/mol. The van der Waals surface area contributed by atoms with E-state index in [1.807, 2.05) is 36.9 Å². The number of nitrogens with one attached hydrogen (secondary N) is 1. The monoisotopic (exact) mass is 488 g/mol. The Hall–Kier alpha value is -3.82. The number of aryl methyl sites for hydroxylation is 2. The molecule has 0 aliphatic carbocycles. The van der Waals surface area contributed by atoms with Gasteiger partial charge < -0.3 is 24.3 Å². The fourth-order valence-electron chi connectivity index (χ4n) is 5.03. The van der Waals surface area contributed by atoms with Crippen LogP contribution >= 0.6 is 0 Å². The van der Waals surface area contributed by atoms with Crippen LogP contribution in [0.25, 0.3) is 11.0 Å². The number of likely N-dealkylation sites (tertiary alicyclic amines) is 1. The Morgan fingerprint density at radius 1 is 1.11 bits per heavy atom. The summed E-state index contributed by atoms with van der Waals surface area (Å²) in [5.74, 6) is 1.09. The highest BCUT2D eigenvalue weighted by molar-refractivity contribution is 6.04. The van der Waals surface area contributed by atoms with Crippen LogP contribution in [0.5, 0.6) is 11.5 Å². The van der Waals surface area contributed by atoms with Gasteiger partial charge in [0.15, 0.2) is 17.3 Å². The van der Waals surface area contributed by atoms with E-state index in [0.717, 1.165) is 36.3 Å². The lowest BCUT2D eigenvalue weighted by Crippen LogP contribution is -2.42. The summed E-state index contributed by atoms with van der Waals surface area (Å²) in [4.78, 5) is 15.2. The average molecular weight is 489 g/mol. The Kier molecular flexibility index (Phi) is 5.46. The topological polar surface area (TPSA) is 102 Å². The predicted molar refractivity (Wildman–Crippen MR) is 133 cm³/mol. The van der Waals surface area contributed by atoms with Crippen molar-refractivity contribution in [2.45, 2.75) is 31.9 Å². The number of aromatic nitrogens is 2. The number of anilines is 1. The molecule has 1 amide bonds. The van der Waals surface area contributed by atoms with E-state index in [-0.39, 0.29) is 18.5 Å². The Morgan fingerprint density at radius 2 is 1.92 bits per heavy atom. The average Bonchev–Trinajstić information content (AvgIpc) is 3.58. The fourth-order valence-corrected chi connectivity index (χ4v) is 5.03. The first kappa shape index (κ1) is 22.6. The molecule has 6 rings (SSSR count). The number of fused-ring (bicyclic) bond motifs is 2. The normalized spacial score (nSPS) is 17.0. The molecule has 0 atom stereocenters. The number of hydrogen-bond donors (Lipinski definition) is 2. The van der Waals surface area contributed by atoms with Gasteiger partial charge in [0.25, 0.3) is 5.91 Å². The number of rotatable bonds is 5. The summed E-state index contributed by atoms with van der Waals surface area (Å²) in [5, 5.41) is 19.5. The Morgan fingerprint density at radius 3 is 2.69 bits per heavy atom. The van der Waals surface area contributed by atoms with Gasteiger partial charge in [-0.3, -0.25) is 14.4 Å². The number of carbonyl (C=O) groups is 1. The summed E-state index contributed by atoms with van der Waals surface area (Å²) in [6.07, 6.45) is 3.32. The van der Waals surface area contributed by atoms with Gasteiger partial charge in [0.1, 0.15) is 5.58 Å². The third-order valence-electron chi connectivity index (χ3n) is 7.10. The van der Waals surface area contributed by atoms with Gasteiger partial charge in [-0.05, 0) is 55.7 Å². The third-order valence-corrected chi connectivity index (χ3v) is 7.10. The Labute approximate surface area is 208 Å². The first-order valence-corrected chi connectivity index (χ1v) is 12.1. The molecule has 0 radical (unpaired) electrons. The lowest BCUT2D eigenvalue weighted by atomic mass is 9.84. The number of furan rings is 1. The van der Waals surface area contributed by atoms with E-state index in [2.05, 4.69) is 21.5 Å². The number of benzene rings is 2. The van der Waals surface area contributed by atoms with E-state index in [1.165, 1.54) is 5.56 Å². The molecule has 186 valence electrons. The molecule has 2 N–H and O–H groups in total. The standard InChI is InChI=1S/C27H28N4O5/c1-17-19(14-30(2)29-17)15-31-9-7-27(33,8-10-31)20-3-5-22-18(11-20)12-25(36-22)26(32)28-21-4-6-23-24(13-21)35-16-34-23/h3-6,11-14,33H,7-10,15-16H2,1-2H3,(H,28,32). The molecule has 36 heavy (non-hydrogen) atoms. The van der Waals surface area contributed by atoms with Crippen LogP contribution in [0.2, 0.25) is 0 Å². The molecule has 0 bridgehead atoms. The molecule has 0 spiro atoms. The van der Waals surface area contributed by atoms with Gasteiger partial charge >= 0.3 is 0 Å². The van der Waals surface area contributed by atoms with Gasteiger partial charge in [-0.2, -0.15) is 5.10 Å². The third kappa shape index (κ3) is 4.20. The predicted octanol–water partition coefficient (Wildman–Crippen LogP) is 3.94. The second kappa shape index (κ2) is 8.69. The van der Waals surface area contributed by atoms with Gasteiger partial charge in [0.05, 0.1) is 11.3 Å². The van der Waals surface area contributed by atoms with Crippen LogP contribution in [0, 0.1) is 6.92 Å². The SMILES string of the molecule is Cc1nn(C)cc1CN1CCC(O)(c2ccc3oc(C(=O)Nc4ccc5c(c4)OCO5)cc3c2)CC1. The van der Waals surface area contributed by atoms with Crippen molar-refractivity contribution < 1.29 is 23.8 Å². The van der Waals surface area contributed by atoms with Crippen LogP contribution in [-0.2, 0) is 19.2 Å². The highest BCUT2D eigenvalue weighted by Crippen LogP contribution is 2.36. The summed E-state index contributed by atoms with van der Waals surface area (Å²) in [6, 6.07) is 12.6.